The number of hydrogen-bond acceptors (Lipinski definition) is 4. The third kappa shape index (κ3) is 2.91. The molecule has 0 radical (unpaired) electrons. The van der Waals surface area contributed by atoms with Crippen LogP contribution in [0.15, 0.2) is 57.7 Å². The number of benzene rings is 2. The molecule has 0 aliphatic carbocycles. The molecule has 0 fully saturated rings. The number of carbonyl (C=O) groups excluding carboxylic acids is 1. The van der Waals surface area contributed by atoms with Crippen molar-refractivity contribution < 1.29 is 13.9 Å². The molecule has 25 heavy (non-hydrogen) atoms. The van der Waals surface area contributed by atoms with Crippen molar-refractivity contribution in [2.45, 2.75) is 19.1 Å². The number of hydrogen-bond donors (Lipinski definition) is 0. The summed E-state index contributed by atoms with van der Waals surface area (Å²) < 4.78 is 12.4. The van der Waals surface area contributed by atoms with Crippen LogP contribution in [0, 0.1) is 0 Å². The molecule has 0 saturated carbocycles. The van der Waals surface area contributed by atoms with Crippen molar-refractivity contribution in [1.29, 1.82) is 0 Å². The first-order chi connectivity index (χ1) is 12.1. The molecule has 0 spiro atoms. The van der Waals surface area contributed by atoms with E-state index in [9.17, 15) is 9.59 Å². The third-order valence-corrected chi connectivity index (χ3v) is 4.48. The van der Waals surface area contributed by atoms with Gasteiger partial charge in [0.2, 0.25) is 5.91 Å². The minimum absolute atomic E-state index is 0.0496. The van der Waals surface area contributed by atoms with Crippen LogP contribution in [0.4, 0.5) is 0 Å². The Kier molecular flexibility index (Phi) is 3.80. The zero-order chi connectivity index (χ0) is 17.4. The van der Waals surface area contributed by atoms with Crippen LogP contribution in [0.2, 0.25) is 0 Å². The summed E-state index contributed by atoms with van der Waals surface area (Å²) in [7, 11) is 1.72. The Morgan fingerprint density at radius 2 is 1.96 bits per heavy atom. The number of ether oxygens (including phenoxy) is 1. The van der Waals surface area contributed by atoms with E-state index < -0.39 is 5.76 Å². The summed E-state index contributed by atoms with van der Waals surface area (Å²) in [5.74, 6) is 0.200. The molecule has 1 aromatic heterocycles. The first-order valence-corrected chi connectivity index (χ1v) is 8.19. The summed E-state index contributed by atoms with van der Waals surface area (Å²) in [5, 5.41) is 0. The fourth-order valence-electron chi connectivity index (χ4n) is 3.18. The van der Waals surface area contributed by atoms with Crippen molar-refractivity contribution in [3.05, 3.63) is 64.6 Å². The van der Waals surface area contributed by atoms with Crippen LogP contribution in [0.25, 0.3) is 11.1 Å². The van der Waals surface area contributed by atoms with Crippen LogP contribution < -0.4 is 10.5 Å². The Bertz CT molecular complexity index is 963. The molecule has 128 valence electrons. The monoisotopic (exact) mass is 338 g/mol. The lowest BCUT2D eigenvalue weighted by atomic mass is 10.1. The van der Waals surface area contributed by atoms with Crippen molar-refractivity contribution in [2.75, 3.05) is 13.6 Å². The highest BCUT2D eigenvalue weighted by molar-refractivity contribution is 5.79. The van der Waals surface area contributed by atoms with Crippen molar-refractivity contribution in [1.82, 2.24) is 9.47 Å². The van der Waals surface area contributed by atoms with Crippen molar-refractivity contribution >= 4 is 17.0 Å². The summed E-state index contributed by atoms with van der Waals surface area (Å²) in [6.45, 7) is 0.421. The van der Waals surface area contributed by atoms with Crippen LogP contribution in [-0.4, -0.2) is 35.1 Å². The highest BCUT2D eigenvalue weighted by Crippen LogP contribution is 2.28. The summed E-state index contributed by atoms with van der Waals surface area (Å²) in [4.78, 5) is 26.1. The Balaban J connectivity index is 1.45. The average Bonchev–Trinajstić information content (AvgIpc) is 3.15. The van der Waals surface area contributed by atoms with E-state index in [2.05, 4.69) is 0 Å². The zero-order valence-corrected chi connectivity index (χ0v) is 13.8. The normalized spacial score (nSPS) is 15.8. The fourth-order valence-corrected chi connectivity index (χ4v) is 3.18. The Morgan fingerprint density at radius 3 is 2.80 bits per heavy atom. The minimum Gasteiger partial charge on any atom is -0.488 e. The average molecular weight is 338 g/mol. The molecule has 1 aliphatic rings. The number of para-hydroxylation sites is 3. The van der Waals surface area contributed by atoms with Gasteiger partial charge in [-0.25, -0.2) is 4.79 Å². The molecular weight excluding hydrogens is 320 g/mol. The third-order valence-electron chi connectivity index (χ3n) is 4.48. The van der Waals surface area contributed by atoms with Gasteiger partial charge in [0.25, 0.3) is 0 Å². The molecule has 6 heteroatoms. The lowest BCUT2D eigenvalue weighted by Gasteiger charge is -2.21. The number of aromatic nitrogens is 1. The molecule has 1 amide bonds. The van der Waals surface area contributed by atoms with Gasteiger partial charge in [-0.05, 0) is 23.8 Å². The van der Waals surface area contributed by atoms with E-state index in [1.165, 1.54) is 4.57 Å². The van der Waals surface area contributed by atoms with Crippen LogP contribution >= 0.6 is 0 Å². The van der Waals surface area contributed by atoms with Gasteiger partial charge >= 0.3 is 5.76 Å². The van der Waals surface area contributed by atoms with Crippen molar-refractivity contribution in [3.63, 3.8) is 0 Å². The number of oxazole rings is 1. The Hall–Kier alpha value is -3.02. The van der Waals surface area contributed by atoms with Crippen LogP contribution in [0.1, 0.15) is 5.56 Å². The van der Waals surface area contributed by atoms with Gasteiger partial charge in [0, 0.05) is 13.5 Å². The number of likely N-dealkylation sites (N-methyl/N-ethyl adjacent to an activating group) is 1. The van der Waals surface area contributed by atoms with Gasteiger partial charge in [0.15, 0.2) is 5.58 Å². The summed E-state index contributed by atoms with van der Waals surface area (Å²) in [6.07, 6.45) is 0.715. The first kappa shape index (κ1) is 15.5. The number of amides is 1. The molecule has 0 N–H and O–H groups in total. The van der Waals surface area contributed by atoms with Crippen LogP contribution in [-0.2, 0) is 17.8 Å². The Labute approximate surface area is 144 Å². The van der Waals surface area contributed by atoms with Crippen LogP contribution in [0.3, 0.4) is 0 Å². The number of carbonyl (C=O) groups is 1. The molecule has 4 rings (SSSR count). The van der Waals surface area contributed by atoms with Gasteiger partial charge in [-0.2, -0.15) is 0 Å². The maximum Gasteiger partial charge on any atom is 0.420 e. The molecule has 3 aromatic rings. The van der Waals surface area contributed by atoms with Crippen molar-refractivity contribution in [3.8, 4) is 5.75 Å². The second kappa shape index (κ2) is 6.12. The summed E-state index contributed by atoms with van der Waals surface area (Å²) in [5.41, 5.74) is 2.27. The highest BCUT2D eigenvalue weighted by atomic mass is 16.5. The van der Waals surface area contributed by atoms with Crippen molar-refractivity contribution in [2.24, 2.45) is 0 Å². The Morgan fingerprint density at radius 1 is 1.20 bits per heavy atom. The van der Waals surface area contributed by atoms with Gasteiger partial charge in [-0.1, -0.05) is 30.3 Å². The van der Waals surface area contributed by atoms with Gasteiger partial charge in [-0.3, -0.25) is 9.36 Å². The predicted molar refractivity (Wildman–Crippen MR) is 92.7 cm³/mol. The molecular formula is C19H18N2O4. The summed E-state index contributed by atoms with van der Waals surface area (Å²) in [6, 6.07) is 15.0. The standard InChI is InChI=1S/C19H18N2O4/c1-20(11-14-10-13-6-2-4-8-16(13)24-14)18(22)12-21-15-7-3-5-9-17(15)25-19(21)23/h2-9,14H,10-12H2,1H3. The van der Waals surface area contributed by atoms with E-state index in [0.717, 1.165) is 17.7 Å². The van der Waals surface area contributed by atoms with Gasteiger partial charge in [-0.15, -0.1) is 0 Å². The molecule has 2 aromatic carbocycles. The minimum atomic E-state index is -0.521. The predicted octanol–water partition coefficient (Wildman–Crippen LogP) is 2.06. The number of nitrogens with zero attached hydrogens (tertiary/aromatic N) is 2. The van der Waals surface area contributed by atoms with E-state index in [0.29, 0.717) is 17.6 Å². The molecule has 1 aliphatic heterocycles. The lowest BCUT2D eigenvalue weighted by molar-refractivity contribution is -0.131. The maximum absolute atomic E-state index is 12.5. The second-order valence-corrected chi connectivity index (χ2v) is 6.25. The number of fused-ring (bicyclic) bond motifs is 2. The van der Waals surface area contributed by atoms with Gasteiger partial charge in [0.1, 0.15) is 18.4 Å². The van der Waals surface area contributed by atoms with E-state index in [1.54, 1.807) is 30.1 Å². The summed E-state index contributed by atoms with van der Waals surface area (Å²) >= 11 is 0. The quantitative estimate of drug-likeness (QED) is 0.730. The van der Waals surface area contributed by atoms with E-state index in [4.69, 9.17) is 9.15 Å². The molecule has 1 unspecified atom stereocenters. The fraction of sp³-hybridized carbons (Fsp3) is 0.263. The van der Waals surface area contributed by atoms with Gasteiger partial charge in [0.05, 0.1) is 12.1 Å². The molecule has 2 heterocycles. The van der Waals surface area contributed by atoms with E-state index in [-0.39, 0.29) is 18.6 Å². The molecule has 0 bridgehead atoms. The molecule has 0 saturated heterocycles. The van der Waals surface area contributed by atoms with Gasteiger partial charge < -0.3 is 14.1 Å². The smallest absolute Gasteiger partial charge is 0.420 e. The lowest BCUT2D eigenvalue weighted by Crippen LogP contribution is -2.39. The van der Waals surface area contributed by atoms with E-state index >= 15 is 0 Å². The number of rotatable bonds is 4. The topological polar surface area (TPSA) is 64.7 Å². The molecule has 1 atom stereocenters. The van der Waals surface area contributed by atoms with E-state index in [1.807, 2.05) is 30.3 Å². The maximum atomic E-state index is 12.5. The zero-order valence-electron chi connectivity index (χ0n) is 13.8. The highest BCUT2D eigenvalue weighted by Gasteiger charge is 2.25. The second-order valence-electron chi connectivity index (χ2n) is 6.25. The first-order valence-electron chi connectivity index (χ1n) is 8.19. The molecule has 6 nitrogen and oxygen atoms in total. The SMILES string of the molecule is CN(CC1Cc2ccccc2O1)C(=O)Cn1c(=O)oc2ccccc21. The largest absolute Gasteiger partial charge is 0.488 e. The van der Waals surface area contributed by atoms with Crippen LogP contribution in [0.5, 0.6) is 5.75 Å².